The number of aromatic nitrogens is 1. The van der Waals surface area contributed by atoms with Crippen molar-refractivity contribution in [3.63, 3.8) is 0 Å². The summed E-state index contributed by atoms with van der Waals surface area (Å²) in [4.78, 5) is 4.45. The van der Waals surface area contributed by atoms with Gasteiger partial charge in [-0.1, -0.05) is 60.9 Å². The average molecular weight is 358 g/mol. The summed E-state index contributed by atoms with van der Waals surface area (Å²) in [5.74, 6) is 6.30. The molecule has 0 bridgehead atoms. The maximum absolute atomic E-state index is 5.93. The van der Waals surface area contributed by atoms with Gasteiger partial charge < -0.3 is 0 Å². The Labute approximate surface area is 160 Å². The van der Waals surface area contributed by atoms with E-state index in [1.807, 2.05) is 42.6 Å². The zero-order chi connectivity index (χ0) is 18.4. The molecule has 0 radical (unpaired) electrons. The van der Waals surface area contributed by atoms with Crippen LogP contribution in [0.4, 0.5) is 0 Å². The molecule has 0 unspecified atom stereocenters. The highest BCUT2D eigenvalue weighted by Crippen LogP contribution is 2.20. The van der Waals surface area contributed by atoms with Gasteiger partial charge in [0.15, 0.2) is 0 Å². The Bertz CT molecular complexity index is 954. The average Bonchev–Trinajstić information content (AvgIpc) is 2.68. The Morgan fingerprint density at radius 1 is 0.923 bits per heavy atom. The van der Waals surface area contributed by atoms with Gasteiger partial charge in [-0.15, -0.1) is 0 Å². The van der Waals surface area contributed by atoms with Crippen LogP contribution in [0, 0.1) is 11.8 Å². The highest BCUT2D eigenvalue weighted by atomic mass is 35.5. The van der Waals surface area contributed by atoms with Gasteiger partial charge in [0.05, 0.1) is 0 Å². The minimum absolute atomic E-state index is 0.732. The quantitative estimate of drug-likeness (QED) is 0.480. The van der Waals surface area contributed by atoms with Crippen molar-refractivity contribution in [1.82, 2.24) is 4.98 Å². The predicted octanol–water partition coefficient (Wildman–Crippen LogP) is 6.62. The number of benzene rings is 2. The number of halogens is 1. The van der Waals surface area contributed by atoms with Gasteiger partial charge in [0, 0.05) is 22.3 Å². The molecule has 128 valence electrons. The molecule has 0 spiro atoms. The van der Waals surface area contributed by atoms with Crippen molar-refractivity contribution in [3.8, 4) is 23.0 Å². The SMILES string of the molecule is CC/C=C(\C)c1ccc(C#Cc2ccc(-c3ccc(Cl)cc3)cn2)cc1. The van der Waals surface area contributed by atoms with Gasteiger partial charge in [0.25, 0.3) is 0 Å². The van der Waals surface area contributed by atoms with Crippen molar-refractivity contribution < 1.29 is 0 Å². The number of pyridine rings is 1. The second kappa shape index (κ2) is 8.52. The van der Waals surface area contributed by atoms with Crippen LogP contribution in [0.1, 0.15) is 37.1 Å². The van der Waals surface area contributed by atoms with Crippen LogP contribution in [-0.4, -0.2) is 4.98 Å². The number of hydrogen-bond donors (Lipinski definition) is 0. The normalized spacial score (nSPS) is 11.0. The Morgan fingerprint density at radius 3 is 2.23 bits per heavy atom. The van der Waals surface area contributed by atoms with Gasteiger partial charge in [-0.05, 0) is 66.3 Å². The van der Waals surface area contributed by atoms with Gasteiger partial charge in [-0.2, -0.15) is 0 Å². The first kappa shape index (κ1) is 18.0. The van der Waals surface area contributed by atoms with Crippen molar-refractivity contribution in [1.29, 1.82) is 0 Å². The van der Waals surface area contributed by atoms with Crippen molar-refractivity contribution in [2.45, 2.75) is 20.3 Å². The lowest BCUT2D eigenvalue weighted by molar-refractivity contribution is 1.22. The first-order valence-corrected chi connectivity index (χ1v) is 9.04. The second-order valence-electron chi connectivity index (χ2n) is 6.06. The van der Waals surface area contributed by atoms with Crippen LogP contribution in [0.3, 0.4) is 0 Å². The lowest BCUT2D eigenvalue weighted by atomic mass is 10.0. The van der Waals surface area contributed by atoms with Crippen LogP contribution in [-0.2, 0) is 0 Å². The summed E-state index contributed by atoms with van der Waals surface area (Å²) in [6, 6.07) is 20.0. The van der Waals surface area contributed by atoms with E-state index in [2.05, 4.69) is 61.0 Å². The standard InChI is InChI=1S/C24H20ClN/c1-3-4-18(2)20-8-5-19(6-9-20)7-15-24-16-12-22(17-26-24)21-10-13-23(25)14-11-21/h4-6,8-14,16-17H,3H2,1-2H3/b18-4+. The molecule has 0 aliphatic heterocycles. The molecule has 2 aromatic carbocycles. The van der Waals surface area contributed by atoms with Crippen molar-refractivity contribution in [2.75, 3.05) is 0 Å². The zero-order valence-corrected chi connectivity index (χ0v) is 15.7. The van der Waals surface area contributed by atoms with Crippen LogP contribution in [0.25, 0.3) is 16.7 Å². The molecule has 3 aromatic rings. The minimum atomic E-state index is 0.732. The fourth-order valence-corrected chi connectivity index (χ4v) is 2.78. The first-order valence-electron chi connectivity index (χ1n) is 8.67. The van der Waals surface area contributed by atoms with Gasteiger partial charge >= 0.3 is 0 Å². The van der Waals surface area contributed by atoms with E-state index in [1.54, 1.807) is 0 Å². The summed E-state index contributed by atoms with van der Waals surface area (Å²) >= 11 is 5.93. The summed E-state index contributed by atoms with van der Waals surface area (Å²) in [5.41, 5.74) is 6.42. The highest BCUT2D eigenvalue weighted by Gasteiger charge is 1.99. The third kappa shape index (κ3) is 4.63. The first-order chi connectivity index (χ1) is 12.7. The summed E-state index contributed by atoms with van der Waals surface area (Å²) in [5, 5.41) is 0.732. The van der Waals surface area contributed by atoms with Crippen molar-refractivity contribution >= 4 is 17.2 Å². The molecule has 0 saturated carbocycles. The topological polar surface area (TPSA) is 12.9 Å². The Morgan fingerprint density at radius 2 is 1.62 bits per heavy atom. The van der Waals surface area contributed by atoms with E-state index in [0.29, 0.717) is 0 Å². The minimum Gasteiger partial charge on any atom is -0.247 e. The molecule has 1 heterocycles. The largest absolute Gasteiger partial charge is 0.247 e. The monoisotopic (exact) mass is 357 g/mol. The Hall–Kier alpha value is -2.82. The summed E-state index contributed by atoms with van der Waals surface area (Å²) in [6.07, 6.45) is 5.12. The Kier molecular flexibility index (Phi) is 5.89. The molecule has 26 heavy (non-hydrogen) atoms. The molecule has 1 aromatic heterocycles. The van der Waals surface area contributed by atoms with E-state index in [4.69, 9.17) is 11.6 Å². The fraction of sp³-hybridized carbons (Fsp3) is 0.125. The van der Waals surface area contributed by atoms with E-state index < -0.39 is 0 Å². The second-order valence-corrected chi connectivity index (χ2v) is 6.50. The van der Waals surface area contributed by atoms with Crippen LogP contribution < -0.4 is 0 Å². The molecule has 0 aliphatic carbocycles. The van der Waals surface area contributed by atoms with Gasteiger partial charge in [-0.3, -0.25) is 0 Å². The molecular weight excluding hydrogens is 338 g/mol. The van der Waals surface area contributed by atoms with Gasteiger partial charge in [-0.25, -0.2) is 4.98 Å². The number of hydrogen-bond acceptors (Lipinski definition) is 1. The fourth-order valence-electron chi connectivity index (χ4n) is 2.66. The summed E-state index contributed by atoms with van der Waals surface area (Å²) in [6.45, 7) is 4.28. The molecular formula is C24H20ClN. The van der Waals surface area contributed by atoms with Gasteiger partial charge in [0.2, 0.25) is 0 Å². The summed E-state index contributed by atoms with van der Waals surface area (Å²) in [7, 11) is 0. The lowest BCUT2D eigenvalue weighted by Gasteiger charge is -2.01. The molecule has 0 amide bonds. The molecule has 0 aliphatic rings. The Balaban J connectivity index is 1.74. The van der Waals surface area contributed by atoms with Crippen molar-refractivity contribution in [3.05, 3.63) is 94.8 Å². The van der Waals surface area contributed by atoms with Gasteiger partial charge in [0.1, 0.15) is 5.69 Å². The molecule has 3 rings (SSSR count). The van der Waals surface area contributed by atoms with Crippen LogP contribution in [0.15, 0.2) is 72.9 Å². The lowest BCUT2D eigenvalue weighted by Crippen LogP contribution is -1.85. The molecule has 2 heteroatoms. The molecule has 0 fully saturated rings. The molecule has 0 saturated heterocycles. The van der Waals surface area contributed by atoms with E-state index >= 15 is 0 Å². The van der Waals surface area contributed by atoms with Crippen LogP contribution >= 0.6 is 11.6 Å². The van der Waals surface area contributed by atoms with Crippen LogP contribution in [0.2, 0.25) is 5.02 Å². The third-order valence-corrected chi connectivity index (χ3v) is 4.38. The van der Waals surface area contributed by atoms with Crippen LogP contribution in [0.5, 0.6) is 0 Å². The molecule has 1 nitrogen and oxygen atoms in total. The predicted molar refractivity (Wildman–Crippen MR) is 111 cm³/mol. The highest BCUT2D eigenvalue weighted by molar-refractivity contribution is 6.30. The van der Waals surface area contributed by atoms with E-state index in [1.165, 1.54) is 11.1 Å². The maximum atomic E-state index is 5.93. The third-order valence-electron chi connectivity index (χ3n) is 4.13. The van der Waals surface area contributed by atoms with E-state index in [9.17, 15) is 0 Å². The zero-order valence-electron chi connectivity index (χ0n) is 15.0. The molecule has 0 atom stereocenters. The number of nitrogens with zero attached hydrogens (tertiary/aromatic N) is 1. The van der Waals surface area contributed by atoms with Crippen molar-refractivity contribution in [2.24, 2.45) is 0 Å². The smallest absolute Gasteiger partial charge is 0.113 e. The maximum Gasteiger partial charge on any atom is 0.113 e. The number of rotatable bonds is 3. The van der Waals surface area contributed by atoms with E-state index in [-0.39, 0.29) is 0 Å². The number of allylic oxidation sites excluding steroid dienone is 2. The summed E-state index contributed by atoms with van der Waals surface area (Å²) < 4.78 is 0. The molecule has 0 N–H and O–H groups in total. The van der Waals surface area contributed by atoms with E-state index in [0.717, 1.165) is 33.8 Å².